The van der Waals surface area contributed by atoms with Crippen LogP contribution < -0.4 is 20.3 Å². The summed E-state index contributed by atoms with van der Waals surface area (Å²) in [6, 6.07) is 10.2. The first kappa shape index (κ1) is 19.1. The molecule has 1 fully saturated rings. The molecule has 8 nitrogen and oxygen atoms in total. The highest BCUT2D eigenvalue weighted by Crippen LogP contribution is 2.39. The Balaban J connectivity index is 1.55. The van der Waals surface area contributed by atoms with Gasteiger partial charge in [-0.25, -0.2) is 4.98 Å². The Labute approximate surface area is 175 Å². The highest BCUT2D eigenvalue weighted by molar-refractivity contribution is 5.73. The number of aliphatic hydroxyl groups excluding tert-OH is 1. The molecule has 0 bridgehead atoms. The third kappa shape index (κ3) is 3.36. The molecule has 2 aliphatic rings. The van der Waals surface area contributed by atoms with Crippen LogP contribution in [0.25, 0.3) is 5.65 Å². The summed E-state index contributed by atoms with van der Waals surface area (Å²) < 4.78 is 7.41. The number of nitrogens with zero attached hydrogens (tertiary/aromatic N) is 4. The average molecular weight is 409 g/mol. The fourth-order valence-corrected chi connectivity index (χ4v) is 4.63. The maximum absolute atomic E-state index is 10.1. The second-order valence-electron chi connectivity index (χ2n) is 7.89. The summed E-state index contributed by atoms with van der Waals surface area (Å²) in [5, 5.41) is 21.7. The fourth-order valence-electron chi connectivity index (χ4n) is 4.63. The minimum Gasteiger partial charge on any atom is -0.494 e. The summed E-state index contributed by atoms with van der Waals surface area (Å²) in [4.78, 5) is 7.27. The molecular formula is C22H28N6O2. The van der Waals surface area contributed by atoms with Gasteiger partial charge in [0.25, 0.3) is 0 Å². The second kappa shape index (κ2) is 8.12. The molecule has 30 heavy (non-hydrogen) atoms. The van der Waals surface area contributed by atoms with Gasteiger partial charge in [-0.3, -0.25) is 0 Å². The van der Waals surface area contributed by atoms with Crippen molar-refractivity contribution >= 4 is 23.0 Å². The van der Waals surface area contributed by atoms with Gasteiger partial charge < -0.3 is 25.4 Å². The Bertz CT molecular complexity index is 1010. The van der Waals surface area contributed by atoms with Crippen LogP contribution in [-0.4, -0.2) is 58.1 Å². The quantitative estimate of drug-likeness (QED) is 0.577. The molecule has 0 amide bonds. The van der Waals surface area contributed by atoms with Gasteiger partial charge in [-0.2, -0.15) is 9.61 Å². The number of aromatic nitrogens is 3. The Hall–Kier alpha value is -2.84. The monoisotopic (exact) mass is 408 g/mol. The number of rotatable bonds is 6. The van der Waals surface area contributed by atoms with Crippen molar-refractivity contribution in [2.24, 2.45) is 0 Å². The molecule has 1 unspecified atom stereocenters. The van der Waals surface area contributed by atoms with Crippen LogP contribution in [0.5, 0.6) is 5.75 Å². The van der Waals surface area contributed by atoms with Gasteiger partial charge in [-0.05, 0) is 50.6 Å². The molecule has 3 aromatic rings. The molecule has 2 aromatic heterocycles. The largest absolute Gasteiger partial charge is 0.494 e. The van der Waals surface area contributed by atoms with Gasteiger partial charge in [-0.1, -0.05) is 0 Å². The summed E-state index contributed by atoms with van der Waals surface area (Å²) >= 11 is 0. The van der Waals surface area contributed by atoms with Crippen LogP contribution in [0.4, 0.5) is 17.3 Å². The van der Waals surface area contributed by atoms with E-state index in [1.807, 2.05) is 41.8 Å². The number of piperidine rings is 1. The lowest BCUT2D eigenvalue weighted by Gasteiger charge is -2.36. The van der Waals surface area contributed by atoms with Gasteiger partial charge in [0.2, 0.25) is 0 Å². The van der Waals surface area contributed by atoms with Crippen molar-refractivity contribution in [3.8, 4) is 5.75 Å². The summed E-state index contributed by atoms with van der Waals surface area (Å²) in [5.41, 5.74) is 2.86. The molecule has 0 saturated carbocycles. The number of nitrogens with one attached hydrogen (secondary N) is 2. The van der Waals surface area contributed by atoms with E-state index in [0.29, 0.717) is 12.6 Å². The van der Waals surface area contributed by atoms with Gasteiger partial charge in [0.1, 0.15) is 17.4 Å². The smallest absolute Gasteiger partial charge is 0.159 e. The Morgan fingerprint density at radius 1 is 1.27 bits per heavy atom. The van der Waals surface area contributed by atoms with E-state index in [4.69, 9.17) is 9.72 Å². The van der Waals surface area contributed by atoms with Crippen molar-refractivity contribution in [2.45, 2.75) is 38.3 Å². The van der Waals surface area contributed by atoms with Crippen LogP contribution in [0.1, 0.15) is 25.3 Å². The average Bonchev–Trinajstić information content (AvgIpc) is 3.40. The number of anilines is 3. The zero-order chi connectivity index (χ0) is 20.5. The summed E-state index contributed by atoms with van der Waals surface area (Å²) in [6.07, 6.45) is 4.76. The summed E-state index contributed by atoms with van der Waals surface area (Å²) in [7, 11) is 0. The molecule has 5 rings (SSSR count). The van der Waals surface area contributed by atoms with Crippen LogP contribution in [-0.2, 0) is 6.42 Å². The fraction of sp³-hybridized carbons (Fsp3) is 0.455. The first-order valence-electron chi connectivity index (χ1n) is 10.7. The van der Waals surface area contributed by atoms with Crippen LogP contribution in [0.2, 0.25) is 0 Å². The minimum absolute atomic E-state index is 0.0328. The lowest BCUT2D eigenvalue weighted by Crippen LogP contribution is -2.50. The van der Waals surface area contributed by atoms with Crippen LogP contribution >= 0.6 is 0 Å². The van der Waals surface area contributed by atoms with E-state index >= 15 is 0 Å². The number of hydrogen-bond acceptors (Lipinski definition) is 7. The maximum atomic E-state index is 10.1. The Morgan fingerprint density at radius 3 is 2.87 bits per heavy atom. The lowest BCUT2D eigenvalue weighted by molar-refractivity contribution is 0.251. The van der Waals surface area contributed by atoms with Crippen molar-refractivity contribution in [3.63, 3.8) is 0 Å². The molecule has 2 aliphatic heterocycles. The van der Waals surface area contributed by atoms with Crippen molar-refractivity contribution in [3.05, 3.63) is 42.1 Å². The number of fused-ring (bicyclic) bond motifs is 2. The van der Waals surface area contributed by atoms with Gasteiger partial charge in [0.15, 0.2) is 5.65 Å². The van der Waals surface area contributed by atoms with Gasteiger partial charge in [0.05, 0.1) is 25.5 Å². The molecule has 0 spiro atoms. The molecule has 2 atom stereocenters. The molecule has 1 saturated heterocycles. The third-order valence-electron chi connectivity index (χ3n) is 5.99. The van der Waals surface area contributed by atoms with Crippen molar-refractivity contribution in [2.75, 3.05) is 36.5 Å². The van der Waals surface area contributed by atoms with E-state index in [-0.39, 0.29) is 12.6 Å². The van der Waals surface area contributed by atoms with E-state index in [0.717, 1.165) is 66.6 Å². The molecule has 3 N–H and O–H groups in total. The molecule has 0 aliphatic carbocycles. The van der Waals surface area contributed by atoms with Crippen molar-refractivity contribution in [1.82, 2.24) is 19.9 Å². The predicted molar refractivity (Wildman–Crippen MR) is 117 cm³/mol. The van der Waals surface area contributed by atoms with Crippen molar-refractivity contribution in [1.29, 1.82) is 0 Å². The van der Waals surface area contributed by atoms with Crippen molar-refractivity contribution < 1.29 is 9.84 Å². The zero-order valence-corrected chi connectivity index (χ0v) is 17.2. The zero-order valence-electron chi connectivity index (χ0n) is 17.2. The van der Waals surface area contributed by atoms with E-state index in [1.54, 1.807) is 6.20 Å². The molecule has 0 radical (unpaired) electrons. The maximum Gasteiger partial charge on any atom is 0.159 e. The normalized spacial score (nSPS) is 21.1. The summed E-state index contributed by atoms with van der Waals surface area (Å²) in [5.74, 6) is 2.72. The lowest BCUT2D eigenvalue weighted by atomic mass is 10.0. The van der Waals surface area contributed by atoms with Gasteiger partial charge in [0, 0.05) is 36.3 Å². The minimum atomic E-state index is 0.0328. The van der Waals surface area contributed by atoms with E-state index in [1.165, 1.54) is 0 Å². The SMILES string of the molecule is CCOc1ccc(Nc2c3c(nc4ccnn24)N([C@H]2CCCNC2)C(CO)C3)cc1. The van der Waals surface area contributed by atoms with E-state index < -0.39 is 0 Å². The Kier molecular flexibility index (Phi) is 5.18. The third-order valence-corrected chi connectivity index (χ3v) is 5.99. The molecule has 8 heteroatoms. The van der Waals surface area contributed by atoms with Crippen LogP contribution in [0.15, 0.2) is 36.5 Å². The highest BCUT2D eigenvalue weighted by atomic mass is 16.5. The van der Waals surface area contributed by atoms with E-state index in [2.05, 4.69) is 20.6 Å². The molecule has 1 aromatic carbocycles. The number of benzene rings is 1. The molecule has 4 heterocycles. The number of ether oxygens (including phenoxy) is 1. The highest BCUT2D eigenvalue weighted by Gasteiger charge is 2.38. The van der Waals surface area contributed by atoms with Crippen LogP contribution in [0, 0.1) is 0 Å². The first-order valence-corrected chi connectivity index (χ1v) is 10.7. The van der Waals surface area contributed by atoms with Gasteiger partial charge >= 0.3 is 0 Å². The summed E-state index contributed by atoms with van der Waals surface area (Å²) in [6.45, 7) is 4.71. The number of aliphatic hydroxyl groups is 1. The van der Waals surface area contributed by atoms with Crippen LogP contribution in [0.3, 0.4) is 0 Å². The topological polar surface area (TPSA) is 87.0 Å². The van der Waals surface area contributed by atoms with E-state index in [9.17, 15) is 5.11 Å². The van der Waals surface area contributed by atoms with Gasteiger partial charge in [-0.15, -0.1) is 0 Å². The predicted octanol–water partition coefficient (Wildman–Crippen LogP) is 2.35. The molecular weight excluding hydrogens is 380 g/mol. The standard InChI is InChI=1S/C22H28N6O2/c1-2-30-18-7-5-15(6-8-18)25-22-19-12-17(14-29)27(16-4-3-10-23-13-16)21(19)26-20-9-11-24-28(20)22/h5-9,11,16-17,23,25,29H,2-4,10,12-14H2,1H3/t16-,17?/m0/s1. The molecule has 158 valence electrons. The number of hydrogen-bond donors (Lipinski definition) is 3. The second-order valence-corrected chi connectivity index (χ2v) is 7.89. The Morgan fingerprint density at radius 2 is 2.13 bits per heavy atom. The first-order chi connectivity index (χ1) is 14.8.